The van der Waals surface area contributed by atoms with Crippen molar-refractivity contribution in [1.82, 2.24) is 29.9 Å². The molecule has 37 heavy (non-hydrogen) atoms. The van der Waals surface area contributed by atoms with Crippen LogP contribution in [0.15, 0.2) is 73.2 Å². The summed E-state index contributed by atoms with van der Waals surface area (Å²) < 4.78 is 0. The molecule has 0 saturated heterocycles. The molecule has 0 bridgehead atoms. The minimum absolute atomic E-state index is 0.586. The molecule has 0 aliphatic carbocycles. The summed E-state index contributed by atoms with van der Waals surface area (Å²) in [6.07, 6.45) is 5.27. The van der Waals surface area contributed by atoms with Gasteiger partial charge < -0.3 is 15.6 Å². The van der Waals surface area contributed by atoms with Crippen LogP contribution in [-0.2, 0) is 0 Å². The summed E-state index contributed by atoms with van der Waals surface area (Å²) in [5.74, 6) is 0.634. The van der Waals surface area contributed by atoms with Gasteiger partial charge in [-0.15, -0.1) is 0 Å². The average Bonchev–Trinajstić information content (AvgIpc) is 3.32. The van der Waals surface area contributed by atoms with Crippen LogP contribution in [0.4, 0.5) is 22.7 Å². The van der Waals surface area contributed by atoms with Crippen molar-refractivity contribution in [2.24, 2.45) is 0 Å². The molecule has 0 aliphatic heterocycles. The van der Waals surface area contributed by atoms with Crippen molar-refractivity contribution in [3.05, 3.63) is 90.1 Å². The van der Waals surface area contributed by atoms with Gasteiger partial charge in [-0.05, 0) is 68.4 Å². The molecule has 178 valence electrons. The minimum atomic E-state index is 0.586. The zero-order valence-electron chi connectivity index (χ0n) is 20.1. The van der Waals surface area contributed by atoms with E-state index in [9.17, 15) is 5.26 Å². The van der Waals surface area contributed by atoms with E-state index in [4.69, 9.17) is 0 Å². The van der Waals surface area contributed by atoms with E-state index in [-0.39, 0.29) is 0 Å². The lowest BCUT2D eigenvalue weighted by molar-refractivity contribution is 1.20. The maximum atomic E-state index is 9.30. The van der Waals surface area contributed by atoms with Crippen molar-refractivity contribution in [3.8, 4) is 17.6 Å². The quantitative estimate of drug-likeness (QED) is 0.275. The minimum Gasteiger partial charge on any atom is -0.354 e. The van der Waals surface area contributed by atoms with Gasteiger partial charge in [-0.2, -0.15) is 5.26 Å². The number of hydrogen-bond donors (Lipinski definition) is 3. The van der Waals surface area contributed by atoms with Crippen LogP contribution in [0.3, 0.4) is 0 Å². The summed E-state index contributed by atoms with van der Waals surface area (Å²) in [4.78, 5) is 25.8. The first-order chi connectivity index (χ1) is 18.0. The summed E-state index contributed by atoms with van der Waals surface area (Å²) in [7, 11) is 0. The Balaban J connectivity index is 1.25. The highest BCUT2D eigenvalue weighted by Crippen LogP contribution is 2.28. The number of H-pyrrole nitrogens is 1. The number of imidazole rings is 1. The predicted octanol–water partition coefficient (Wildman–Crippen LogP) is 5.94. The van der Waals surface area contributed by atoms with Crippen LogP contribution < -0.4 is 10.6 Å². The second-order valence-electron chi connectivity index (χ2n) is 8.70. The molecule has 0 unspecified atom stereocenters. The molecule has 9 nitrogen and oxygen atoms in total. The van der Waals surface area contributed by atoms with Crippen LogP contribution in [0.2, 0.25) is 0 Å². The first kappa shape index (κ1) is 22.1. The number of fused-ring (bicyclic) bond motifs is 2. The number of pyridine rings is 4. The molecule has 5 aromatic heterocycles. The van der Waals surface area contributed by atoms with Crippen LogP contribution in [-0.4, -0.2) is 29.9 Å². The van der Waals surface area contributed by atoms with Crippen LogP contribution in [0, 0.1) is 25.2 Å². The zero-order valence-corrected chi connectivity index (χ0v) is 20.1. The molecule has 1 aromatic carbocycles. The largest absolute Gasteiger partial charge is 0.354 e. The number of benzene rings is 1. The second-order valence-corrected chi connectivity index (χ2v) is 8.70. The Morgan fingerprint density at radius 3 is 2.49 bits per heavy atom. The number of nitrogens with zero attached hydrogens (tertiary/aromatic N) is 6. The van der Waals surface area contributed by atoms with Crippen LogP contribution in [0.1, 0.15) is 17.0 Å². The summed E-state index contributed by atoms with van der Waals surface area (Å²) >= 11 is 0. The smallest absolute Gasteiger partial charge is 0.178 e. The number of nitriles is 1. The Kier molecular flexibility index (Phi) is 5.39. The van der Waals surface area contributed by atoms with Gasteiger partial charge >= 0.3 is 0 Å². The fraction of sp³-hybridized carbons (Fsp3) is 0.0714. The molecule has 0 aliphatic rings. The Morgan fingerprint density at radius 1 is 0.784 bits per heavy atom. The van der Waals surface area contributed by atoms with E-state index in [1.165, 1.54) is 0 Å². The molecule has 6 rings (SSSR count). The lowest BCUT2D eigenvalue weighted by atomic mass is 10.1. The number of nitrogens with one attached hydrogen (secondary N) is 3. The summed E-state index contributed by atoms with van der Waals surface area (Å²) in [5.41, 5.74) is 8.82. The SMILES string of the molecule is Cc1cc(Nc2cnc3nc(-c4ccc(Nc5cc(C)nc6ccc(C#N)cc56)cn4)[nH]c3c2)ccn1. The normalized spacial score (nSPS) is 10.9. The molecule has 0 amide bonds. The van der Waals surface area contributed by atoms with E-state index in [0.717, 1.165) is 50.6 Å². The van der Waals surface area contributed by atoms with Gasteiger partial charge in [0.2, 0.25) is 0 Å². The molecule has 0 saturated carbocycles. The van der Waals surface area contributed by atoms with Crippen LogP contribution in [0.25, 0.3) is 33.6 Å². The summed E-state index contributed by atoms with van der Waals surface area (Å²) in [5, 5.41) is 16.9. The number of aryl methyl sites for hydroxylation is 2. The molecule has 0 spiro atoms. The summed E-state index contributed by atoms with van der Waals surface area (Å²) in [6, 6.07) is 19.3. The number of anilines is 4. The van der Waals surface area contributed by atoms with E-state index < -0.39 is 0 Å². The molecule has 5 heterocycles. The van der Waals surface area contributed by atoms with Gasteiger partial charge in [0, 0.05) is 34.3 Å². The maximum Gasteiger partial charge on any atom is 0.178 e. The van der Waals surface area contributed by atoms with E-state index in [2.05, 4.69) is 46.6 Å². The molecule has 0 fully saturated rings. The third kappa shape index (κ3) is 4.51. The van der Waals surface area contributed by atoms with Crippen LogP contribution >= 0.6 is 0 Å². The van der Waals surface area contributed by atoms with Gasteiger partial charge in [0.1, 0.15) is 5.69 Å². The first-order valence-electron chi connectivity index (χ1n) is 11.6. The molecule has 6 aromatic rings. The highest BCUT2D eigenvalue weighted by atomic mass is 15.0. The lowest BCUT2D eigenvalue weighted by Gasteiger charge is -2.11. The highest BCUT2D eigenvalue weighted by molar-refractivity contribution is 5.94. The molecule has 3 N–H and O–H groups in total. The van der Waals surface area contributed by atoms with Gasteiger partial charge in [0.25, 0.3) is 0 Å². The second kappa shape index (κ2) is 9.02. The van der Waals surface area contributed by atoms with Crippen LogP contribution in [0.5, 0.6) is 0 Å². The fourth-order valence-corrected chi connectivity index (χ4v) is 4.17. The third-order valence-corrected chi connectivity index (χ3v) is 5.87. The Morgan fingerprint density at radius 2 is 1.68 bits per heavy atom. The van der Waals surface area contributed by atoms with E-state index in [1.807, 2.05) is 62.4 Å². The fourth-order valence-electron chi connectivity index (χ4n) is 4.17. The average molecular weight is 484 g/mol. The number of hydrogen-bond acceptors (Lipinski definition) is 8. The molecular weight excluding hydrogens is 462 g/mol. The van der Waals surface area contributed by atoms with Crippen molar-refractivity contribution >= 4 is 44.8 Å². The lowest BCUT2D eigenvalue weighted by Crippen LogP contribution is -1.96. The molecule has 9 heteroatoms. The summed E-state index contributed by atoms with van der Waals surface area (Å²) in [6.45, 7) is 3.89. The van der Waals surface area contributed by atoms with Gasteiger partial charge in [0.05, 0.1) is 46.4 Å². The van der Waals surface area contributed by atoms with Gasteiger partial charge in [-0.1, -0.05) is 0 Å². The Labute approximate surface area is 212 Å². The third-order valence-electron chi connectivity index (χ3n) is 5.87. The monoisotopic (exact) mass is 483 g/mol. The van der Waals surface area contributed by atoms with E-state index >= 15 is 0 Å². The van der Waals surface area contributed by atoms with Gasteiger partial charge in [0.15, 0.2) is 11.5 Å². The Bertz CT molecular complexity index is 1810. The van der Waals surface area contributed by atoms with Crippen molar-refractivity contribution in [1.29, 1.82) is 5.26 Å². The van der Waals surface area contributed by atoms with Crippen molar-refractivity contribution in [2.45, 2.75) is 13.8 Å². The van der Waals surface area contributed by atoms with E-state index in [0.29, 0.717) is 22.7 Å². The highest BCUT2D eigenvalue weighted by Gasteiger charge is 2.10. The molecular formula is C28H21N9. The van der Waals surface area contributed by atoms with E-state index in [1.54, 1.807) is 24.7 Å². The predicted molar refractivity (Wildman–Crippen MR) is 144 cm³/mol. The van der Waals surface area contributed by atoms with Crippen molar-refractivity contribution in [3.63, 3.8) is 0 Å². The number of aromatic amines is 1. The molecule has 0 radical (unpaired) electrons. The van der Waals surface area contributed by atoms with Gasteiger partial charge in [-0.3, -0.25) is 15.0 Å². The number of rotatable bonds is 5. The van der Waals surface area contributed by atoms with Gasteiger partial charge in [-0.25, -0.2) is 9.97 Å². The Hall–Kier alpha value is -5.36. The van der Waals surface area contributed by atoms with Crippen molar-refractivity contribution < 1.29 is 0 Å². The standard InChI is InChI=1S/C28H21N9/c1-16-9-19(7-8-30-16)34-21-12-26-27(32-15-21)37-28(36-26)24-6-4-20(14-31-24)35-25-10-17(2)33-23-5-3-18(13-29)11-22(23)25/h3-12,14-15H,1-2H3,(H,30,34)(H,33,35)(H,32,36,37). The maximum absolute atomic E-state index is 9.30. The molecule has 0 atom stereocenters. The van der Waals surface area contributed by atoms with Crippen molar-refractivity contribution in [2.75, 3.05) is 10.6 Å². The topological polar surface area (TPSA) is 128 Å². The number of aromatic nitrogens is 6. The first-order valence-corrected chi connectivity index (χ1v) is 11.6. The zero-order chi connectivity index (χ0) is 25.4.